The van der Waals surface area contributed by atoms with Crippen LogP contribution in [0.3, 0.4) is 0 Å². The van der Waals surface area contributed by atoms with Gasteiger partial charge >= 0.3 is 5.97 Å². The zero-order valence-corrected chi connectivity index (χ0v) is 15.5. The molecule has 0 aliphatic carbocycles. The molecule has 1 aromatic heterocycles. The average Bonchev–Trinajstić information content (AvgIpc) is 2.69. The minimum absolute atomic E-state index is 0.0219. The molecule has 2 heterocycles. The molecule has 1 fully saturated rings. The minimum Gasteiger partial charge on any atom is -0.458 e. The molecule has 4 rings (SSSR count). The van der Waals surface area contributed by atoms with Gasteiger partial charge in [0.25, 0.3) is 5.56 Å². The molecule has 3 aromatic rings. The third-order valence-electron chi connectivity index (χ3n) is 5.07. The van der Waals surface area contributed by atoms with Gasteiger partial charge in [-0.15, -0.1) is 0 Å². The van der Waals surface area contributed by atoms with Crippen molar-refractivity contribution >= 4 is 22.8 Å². The van der Waals surface area contributed by atoms with Crippen LogP contribution in [0, 0.1) is 0 Å². The lowest BCUT2D eigenvalue weighted by molar-refractivity contribution is -0.156. The van der Waals surface area contributed by atoms with Crippen molar-refractivity contribution in [2.24, 2.45) is 7.05 Å². The molecule has 5 nitrogen and oxygen atoms in total. The maximum absolute atomic E-state index is 12.9. The normalized spacial score (nSPS) is 19.9. The SMILES string of the molecule is Cn1c(/C=C/C2CC(O)CC(=O)O2)c(-c2ccccc2)c2ccccc2c1=O. The lowest BCUT2D eigenvalue weighted by atomic mass is 9.96. The van der Waals surface area contributed by atoms with Crippen molar-refractivity contribution < 1.29 is 14.6 Å². The molecule has 142 valence electrons. The second-order valence-electron chi connectivity index (χ2n) is 7.02. The summed E-state index contributed by atoms with van der Waals surface area (Å²) in [4.78, 5) is 24.5. The second-order valence-corrected chi connectivity index (χ2v) is 7.02. The van der Waals surface area contributed by atoms with E-state index in [1.165, 1.54) is 0 Å². The number of ether oxygens (including phenoxy) is 1. The zero-order chi connectivity index (χ0) is 19.7. The highest BCUT2D eigenvalue weighted by Crippen LogP contribution is 2.31. The average molecular weight is 375 g/mol. The van der Waals surface area contributed by atoms with E-state index in [2.05, 4.69) is 0 Å². The molecule has 0 radical (unpaired) electrons. The van der Waals surface area contributed by atoms with Crippen molar-refractivity contribution in [1.29, 1.82) is 0 Å². The second kappa shape index (κ2) is 7.44. The molecule has 1 aliphatic heterocycles. The van der Waals surface area contributed by atoms with Gasteiger partial charge in [0.05, 0.1) is 18.2 Å². The van der Waals surface area contributed by atoms with E-state index in [0.717, 1.165) is 22.2 Å². The number of rotatable bonds is 3. The molecule has 2 atom stereocenters. The summed E-state index contributed by atoms with van der Waals surface area (Å²) >= 11 is 0. The van der Waals surface area contributed by atoms with E-state index >= 15 is 0 Å². The van der Waals surface area contributed by atoms with Crippen molar-refractivity contribution in [1.82, 2.24) is 4.57 Å². The van der Waals surface area contributed by atoms with E-state index in [9.17, 15) is 14.7 Å². The first kappa shape index (κ1) is 18.2. The molecule has 0 spiro atoms. The van der Waals surface area contributed by atoms with Crippen LogP contribution in [-0.2, 0) is 16.6 Å². The van der Waals surface area contributed by atoms with Gasteiger partial charge in [-0.25, -0.2) is 0 Å². The van der Waals surface area contributed by atoms with Crippen molar-refractivity contribution in [3.63, 3.8) is 0 Å². The number of esters is 1. The summed E-state index contributed by atoms with van der Waals surface area (Å²) in [5.74, 6) is -0.413. The maximum atomic E-state index is 12.9. The Morgan fingerprint density at radius 2 is 1.71 bits per heavy atom. The topological polar surface area (TPSA) is 68.5 Å². The van der Waals surface area contributed by atoms with Crippen molar-refractivity contribution in [2.75, 3.05) is 0 Å². The summed E-state index contributed by atoms with van der Waals surface area (Å²) < 4.78 is 6.92. The van der Waals surface area contributed by atoms with Gasteiger partial charge in [-0.1, -0.05) is 48.5 Å². The number of benzene rings is 2. The quantitative estimate of drug-likeness (QED) is 0.714. The number of aliphatic hydroxyl groups excluding tert-OH is 1. The molecule has 1 N–H and O–H groups in total. The van der Waals surface area contributed by atoms with E-state index in [4.69, 9.17) is 4.74 Å². The number of aromatic nitrogens is 1. The van der Waals surface area contributed by atoms with Crippen LogP contribution < -0.4 is 5.56 Å². The van der Waals surface area contributed by atoms with Gasteiger partial charge in [0.15, 0.2) is 0 Å². The highest BCUT2D eigenvalue weighted by Gasteiger charge is 2.25. The van der Waals surface area contributed by atoms with E-state index in [1.807, 2.05) is 60.7 Å². The number of hydrogen-bond acceptors (Lipinski definition) is 4. The Hall–Kier alpha value is -3.18. The molecule has 2 unspecified atom stereocenters. The maximum Gasteiger partial charge on any atom is 0.309 e. The highest BCUT2D eigenvalue weighted by atomic mass is 16.5. The van der Waals surface area contributed by atoms with Crippen LogP contribution in [0.4, 0.5) is 0 Å². The highest BCUT2D eigenvalue weighted by molar-refractivity contribution is 5.99. The van der Waals surface area contributed by atoms with Crippen LogP contribution in [0.25, 0.3) is 28.0 Å². The van der Waals surface area contributed by atoms with E-state index in [0.29, 0.717) is 11.8 Å². The standard InChI is InChI=1S/C23H21NO4/c1-24-20(12-11-17-13-16(25)14-21(26)28-17)22(15-7-3-2-4-8-15)18-9-5-6-10-19(18)23(24)27/h2-12,16-17,25H,13-14H2,1H3/b12-11+. The van der Waals surface area contributed by atoms with Crippen molar-refractivity contribution in [3.05, 3.63) is 76.7 Å². The number of carbonyl (C=O) groups is 1. The fourth-order valence-corrected chi connectivity index (χ4v) is 3.71. The summed E-state index contributed by atoms with van der Waals surface area (Å²) in [6.45, 7) is 0. The fraction of sp³-hybridized carbons (Fsp3) is 0.217. The smallest absolute Gasteiger partial charge is 0.309 e. The molecule has 5 heteroatoms. The third kappa shape index (κ3) is 3.37. The van der Waals surface area contributed by atoms with Crippen LogP contribution in [0.5, 0.6) is 0 Å². The van der Waals surface area contributed by atoms with Gasteiger partial charge in [0, 0.05) is 24.4 Å². The van der Waals surface area contributed by atoms with Gasteiger partial charge < -0.3 is 14.4 Å². The monoisotopic (exact) mass is 375 g/mol. The Morgan fingerprint density at radius 1 is 1.04 bits per heavy atom. The van der Waals surface area contributed by atoms with E-state index < -0.39 is 18.2 Å². The molecule has 28 heavy (non-hydrogen) atoms. The molecule has 2 aromatic carbocycles. The number of hydrogen-bond donors (Lipinski definition) is 1. The lowest BCUT2D eigenvalue weighted by Gasteiger charge is -2.23. The van der Waals surface area contributed by atoms with Crippen LogP contribution in [0.15, 0.2) is 65.5 Å². The molecule has 1 saturated heterocycles. The zero-order valence-electron chi connectivity index (χ0n) is 15.5. The fourth-order valence-electron chi connectivity index (χ4n) is 3.71. The van der Waals surface area contributed by atoms with Crippen LogP contribution in [0.2, 0.25) is 0 Å². The Balaban J connectivity index is 1.90. The number of aliphatic hydroxyl groups is 1. The molecule has 0 bridgehead atoms. The van der Waals surface area contributed by atoms with Gasteiger partial charge in [0.1, 0.15) is 6.10 Å². The van der Waals surface area contributed by atoms with E-state index in [-0.39, 0.29) is 12.0 Å². The van der Waals surface area contributed by atoms with Crippen LogP contribution >= 0.6 is 0 Å². The number of fused-ring (bicyclic) bond motifs is 1. The predicted octanol–water partition coefficient (Wildman–Crippen LogP) is 3.29. The molecule has 0 saturated carbocycles. The van der Waals surface area contributed by atoms with Crippen molar-refractivity contribution in [2.45, 2.75) is 25.0 Å². The summed E-state index contributed by atoms with van der Waals surface area (Å²) in [6.07, 6.45) is 2.72. The third-order valence-corrected chi connectivity index (χ3v) is 5.07. The summed E-state index contributed by atoms with van der Waals surface area (Å²) in [7, 11) is 1.74. The van der Waals surface area contributed by atoms with Crippen molar-refractivity contribution in [3.8, 4) is 11.1 Å². The largest absolute Gasteiger partial charge is 0.458 e. The molecule has 0 amide bonds. The summed E-state index contributed by atoms with van der Waals surface area (Å²) in [5, 5.41) is 11.4. The number of nitrogens with zero attached hydrogens (tertiary/aromatic N) is 1. The van der Waals surface area contributed by atoms with E-state index in [1.54, 1.807) is 17.7 Å². The van der Waals surface area contributed by atoms with Gasteiger partial charge in [0.2, 0.25) is 0 Å². The van der Waals surface area contributed by atoms with Gasteiger partial charge in [-0.05, 0) is 29.2 Å². The Kier molecular flexibility index (Phi) is 4.84. The van der Waals surface area contributed by atoms with Crippen LogP contribution in [-0.4, -0.2) is 27.9 Å². The Morgan fingerprint density at radius 3 is 2.43 bits per heavy atom. The number of cyclic esters (lactones) is 1. The first-order valence-corrected chi connectivity index (χ1v) is 9.27. The molecule has 1 aliphatic rings. The Bertz CT molecular complexity index is 1110. The molecular weight excluding hydrogens is 354 g/mol. The minimum atomic E-state index is -0.704. The number of pyridine rings is 1. The lowest BCUT2D eigenvalue weighted by Crippen LogP contribution is -2.31. The van der Waals surface area contributed by atoms with Gasteiger partial charge in [-0.2, -0.15) is 0 Å². The summed E-state index contributed by atoms with van der Waals surface area (Å²) in [6, 6.07) is 17.4. The predicted molar refractivity (Wildman–Crippen MR) is 109 cm³/mol. The first-order valence-electron chi connectivity index (χ1n) is 9.27. The molecular formula is C23H21NO4. The first-order chi connectivity index (χ1) is 13.5. The van der Waals surface area contributed by atoms with Crippen LogP contribution in [0.1, 0.15) is 18.5 Å². The van der Waals surface area contributed by atoms with Gasteiger partial charge in [-0.3, -0.25) is 9.59 Å². The Labute approximate surface area is 162 Å². The summed E-state index contributed by atoms with van der Waals surface area (Å²) in [5.41, 5.74) is 2.58. The number of carbonyl (C=O) groups excluding carboxylic acids is 1.